The molecule has 0 amide bonds. The second kappa shape index (κ2) is 9.21. The molecule has 0 aliphatic heterocycles. The summed E-state index contributed by atoms with van der Waals surface area (Å²) >= 11 is 0. The number of rotatable bonds is 8. The van der Waals surface area contributed by atoms with Crippen LogP contribution in [0.15, 0.2) is 24.3 Å². The van der Waals surface area contributed by atoms with Crippen molar-refractivity contribution in [2.24, 2.45) is 0 Å². The fraction of sp³-hybridized carbons (Fsp3) is 0.700. The maximum Gasteiger partial charge on any atom is -0.0162 e. The van der Waals surface area contributed by atoms with Gasteiger partial charge in [-0.3, -0.25) is 0 Å². The highest BCUT2D eigenvalue weighted by Gasteiger charge is 2.14. The average molecular weight is 272 g/mol. The smallest absolute Gasteiger partial charge is 0.0162 e. The molecule has 2 rings (SSSR count). The van der Waals surface area contributed by atoms with Crippen molar-refractivity contribution in [3.63, 3.8) is 0 Å². The van der Waals surface area contributed by atoms with E-state index in [1.165, 1.54) is 77.0 Å². The lowest BCUT2D eigenvalue weighted by Crippen LogP contribution is -2.04. The summed E-state index contributed by atoms with van der Waals surface area (Å²) in [4.78, 5) is 0. The van der Waals surface area contributed by atoms with Gasteiger partial charge in [-0.15, -0.1) is 0 Å². The van der Waals surface area contributed by atoms with Crippen LogP contribution >= 0.6 is 0 Å². The van der Waals surface area contributed by atoms with Crippen LogP contribution in [-0.2, 0) is 6.42 Å². The zero-order valence-corrected chi connectivity index (χ0v) is 13.4. The van der Waals surface area contributed by atoms with Gasteiger partial charge in [0.25, 0.3) is 0 Å². The second-order valence-corrected chi connectivity index (χ2v) is 6.59. The van der Waals surface area contributed by atoms with Crippen molar-refractivity contribution in [3.05, 3.63) is 35.4 Å². The molecule has 0 radical (unpaired) electrons. The topological polar surface area (TPSA) is 0 Å². The molecule has 0 spiro atoms. The summed E-state index contributed by atoms with van der Waals surface area (Å²) in [7, 11) is 0. The lowest BCUT2D eigenvalue weighted by atomic mass is 9.84. The van der Waals surface area contributed by atoms with Crippen molar-refractivity contribution < 1.29 is 0 Å². The standard InChI is InChI=1S/C20H32/c1-2-3-4-5-6-8-11-18-14-16-20(17-15-18)19-12-9-7-10-13-19/h14-17,19H,2-13H2,1H3. The highest BCUT2D eigenvalue weighted by atomic mass is 14.2. The Kier molecular flexibility index (Phi) is 7.19. The molecular formula is C20H32. The minimum atomic E-state index is 0.854. The van der Waals surface area contributed by atoms with Crippen LogP contribution in [-0.4, -0.2) is 0 Å². The molecular weight excluding hydrogens is 240 g/mol. The summed E-state index contributed by atoms with van der Waals surface area (Å²) in [5.74, 6) is 0.854. The minimum absolute atomic E-state index is 0.854. The van der Waals surface area contributed by atoms with Gasteiger partial charge in [0, 0.05) is 0 Å². The van der Waals surface area contributed by atoms with E-state index in [1.807, 2.05) is 0 Å². The molecule has 0 heterocycles. The van der Waals surface area contributed by atoms with Crippen molar-refractivity contribution in [2.45, 2.75) is 89.9 Å². The molecule has 20 heavy (non-hydrogen) atoms. The van der Waals surface area contributed by atoms with Crippen molar-refractivity contribution in [2.75, 3.05) is 0 Å². The summed E-state index contributed by atoms with van der Waals surface area (Å²) in [6.45, 7) is 2.29. The molecule has 1 aliphatic rings. The number of hydrogen-bond donors (Lipinski definition) is 0. The van der Waals surface area contributed by atoms with Crippen molar-refractivity contribution in [1.29, 1.82) is 0 Å². The molecule has 0 nitrogen and oxygen atoms in total. The van der Waals surface area contributed by atoms with E-state index < -0.39 is 0 Å². The van der Waals surface area contributed by atoms with Gasteiger partial charge in [-0.05, 0) is 42.7 Å². The third-order valence-corrected chi connectivity index (χ3v) is 4.88. The van der Waals surface area contributed by atoms with Gasteiger partial charge in [-0.25, -0.2) is 0 Å². The largest absolute Gasteiger partial charge is 0.0654 e. The second-order valence-electron chi connectivity index (χ2n) is 6.59. The Labute approximate surface area is 126 Å². The Morgan fingerprint density at radius 3 is 2.15 bits per heavy atom. The van der Waals surface area contributed by atoms with Gasteiger partial charge >= 0.3 is 0 Å². The molecule has 0 atom stereocenters. The number of unbranched alkanes of at least 4 members (excludes halogenated alkanes) is 5. The Bertz CT molecular complexity index is 343. The van der Waals surface area contributed by atoms with E-state index in [0.717, 1.165) is 5.92 Å². The Hall–Kier alpha value is -0.780. The molecule has 0 saturated heterocycles. The van der Waals surface area contributed by atoms with E-state index in [9.17, 15) is 0 Å². The molecule has 1 saturated carbocycles. The van der Waals surface area contributed by atoms with Gasteiger partial charge < -0.3 is 0 Å². The van der Waals surface area contributed by atoms with Crippen LogP contribution in [0.25, 0.3) is 0 Å². The normalized spacial score (nSPS) is 16.4. The monoisotopic (exact) mass is 272 g/mol. The number of benzene rings is 1. The zero-order chi connectivity index (χ0) is 14.0. The van der Waals surface area contributed by atoms with E-state index in [2.05, 4.69) is 31.2 Å². The third kappa shape index (κ3) is 5.31. The van der Waals surface area contributed by atoms with Gasteiger partial charge in [0.15, 0.2) is 0 Å². The number of hydrogen-bond acceptors (Lipinski definition) is 0. The van der Waals surface area contributed by atoms with Crippen LogP contribution in [0.3, 0.4) is 0 Å². The fourth-order valence-corrected chi connectivity index (χ4v) is 3.50. The van der Waals surface area contributed by atoms with Gasteiger partial charge in [-0.1, -0.05) is 82.6 Å². The minimum Gasteiger partial charge on any atom is -0.0654 e. The first-order valence-electron chi connectivity index (χ1n) is 8.99. The van der Waals surface area contributed by atoms with Crippen LogP contribution in [0.2, 0.25) is 0 Å². The molecule has 1 aromatic rings. The molecule has 0 aromatic heterocycles. The molecule has 0 unspecified atom stereocenters. The Morgan fingerprint density at radius 1 is 0.800 bits per heavy atom. The van der Waals surface area contributed by atoms with E-state index in [4.69, 9.17) is 0 Å². The van der Waals surface area contributed by atoms with Crippen LogP contribution in [0.5, 0.6) is 0 Å². The first-order chi connectivity index (χ1) is 9.90. The third-order valence-electron chi connectivity index (χ3n) is 4.88. The van der Waals surface area contributed by atoms with Crippen LogP contribution in [0, 0.1) is 0 Å². The van der Waals surface area contributed by atoms with E-state index in [-0.39, 0.29) is 0 Å². The van der Waals surface area contributed by atoms with E-state index in [1.54, 1.807) is 11.1 Å². The fourth-order valence-electron chi connectivity index (χ4n) is 3.50. The van der Waals surface area contributed by atoms with Crippen molar-refractivity contribution in [1.82, 2.24) is 0 Å². The van der Waals surface area contributed by atoms with Crippen molar-refractivity contribution >= 4 is 0 Å². The Morgan fingerprint density at radius 2 is 1.45 bits per heavy atom. The maximum absolute atomic E-state index is 2.41. The van der Waals surface area contributed by atoms with Gasteiger partial charge in [0.2, 0.25) is 0 Å². The molecule has 1 fully saturated rings. The molecule has 0 bridgehead atoms. The van der Waals surface area contributed by atoms with Gasteiger partial charge in [0.05, 0.1) is 0 Å². The SMILES string of the molecule is CCCCCCCCc1ccc(C2CCCCC2)cc1. The number of aryl methyl sites for hydroxylation is 1. The van der Waals surface area contributed by atoms with E-state index in [0.29, 0.717) is 0 Å². The Balaban J connectivity index is 1.68. The molecule has 1 aliphatic carbocycles. The first kappa shape index (κ1) is 15.6. The highest BCUT2D eigenvalue weighted by Crippen LogP contribution is 2.32. The first-order valence-corrected chi connectivity index (χ1v) is 8.99. The van der Waals surface area contributed by atoms with Gasteiger partial charge in [0.1, 0.15) is 0 Å². The lowest BCUT2D eigenvalue weighted by Gasteiger charge is -2.22. The van der Waals surface area contributed by atoms with E-state index >= 15 is 0 Å². The average Bonchev–Trinajstić information content (AvgIpc) is 2.52. The highest BCUT2D eigenvalue weighted by molar-refractivity contribution is 5.25. The maximum atomic E-state index is 2.41. The summed E-state index contributed by atoms with van der Waals surface area (Å²) < 4.78 is 0. The molecule has 112 valence electrons. The lowest BCUT2D eigenvalue weighted by molar-refractivity contribution is 0.443. The van der Waals surface area contributed by atoms with Crippen LogP contribution in [0.1, 0.15) is 94.6 Å². The predicted octanol–water partition coefficient (Wildman–Crippen LogP) is 6.64. The van der Waals surface area contributed by atoms with Crippen LogP contribution < -0.4 is 0 Å². The summed E-state index contributed by atoms with van der Waals surface area (Å²) in [5.41, 5.74) is 3.14. The predicted molar refractivity (Wildman–Crippen MR) is 89.3 cm³/mol. The molecule has 0 heteroatoms. The molecule has 1 aromatic carbocycles. The van der Waals surface area contributed by atoms with Crippen molar-refractivity contribution in [3.8, 4) is 0 Å². The van der Waals surface area contributed by atoms with Crippen LogP contribution in [0.4, 0.5) is 0 Å². The summed E-state index contributed by atoms with van der Waals surface area (Å²) in [6, 6.07) is 9.58. The summed E-state index contributed by atoms with van der Waals surface area (Å²) in [6.07, 6.45) is 16.8. The zero-order valence-electron chi connectivity index (χ0n) is 13.4. The molecule has 0 N–H and O–H groups in total. The van der Waals surface area contributed by atoms with Gasteiger partial charge in [-0.2, -0.15) is 0 Å². The quantitative estimate of drug-likeness (QED) is 0.465. The summed E-state index contributed by atoms with van der Waals surface area (Å²) in [5, 5.41) is 0.